The van der Waals surface area contributed by atoms with E-state index < -0.39 is 11.6 Å². The molecule has 0 spiro atoms. The van der Waals surface area contributed by atoms with Gasteiger partial charge in [0.1, 0.15) is 5.75 Å². The molecule has 3 aromatic rings. The summed E-state index contributed by atoms with van der Waals surface area (Å²) in [6.07, 6.45) is 0.181. The van der Waals surface area contributed by atoms with Gasteiger partial charge in [-0.25, -0.2) is 8.78 Å². The molecule has 0 atom stereocenters. The number of nitrogens with zero attached hydrogens (tertiary/aromatic N) is 2. The minimum atomic E-state index is -0.963. The number of benzene rings is 2. The molecule has 138 valence electrons. The van der Waals surface area contributed by atoms with Gasteiger partial charge in [0.2, 0.25) is 5.91 Å². The van der Waals surface area contributed by atoms with Crippen LogP contribution in [0.2, 0.25) is 0 Å². The van der Waals surface area contributed by atoms with Gasteiger partial charge in [-0.2, -0.15) is 0 Å². The molecule has 0 unspecified atom stereocenters. The van der Waals surface area contributed by atoms with Gasteiger partial charge in [-0.05, 0) is 42.0 Å². The lowest BCUT2D eigenvalue weighted by Crippen LogP contribution is -2.15. The number of rotatable bonds is 6. The van der Waals surface area contributed by atoms with Gasteiger partial charge < -0.3 is 15.4 Å². The number of amides is 1. The number of aromatic nitrogens is 2. The Morgan fingerprint density at radius 2 is 1.67 bits per heavy atom. The molecule has 0 aliphatic heterocycles. The molecule has 0 saturated carbocycles. The van der Waals surface area contributed by atoms with Crippen molar-refractivity contribution in [3.8, 4) is 5.75 Å². The average molecular weight is 370 g/mol. The Morgan fingerprint density at radius 3 is 2.30 bits per heavy atom. The summed E-state index contributed by atoms with van der Waals surface area (Å²) in [5.74, 6) is -0.805. The summed E-state index contributed by atoms with van der Waals surface area (Å²) in [5, 5.41) is 13.2. The number of hydrogen-bond donors (Lipinski definition) is 2. The zero-order valence-corrected chi connectivity index (χ0v) is 14.4. The van der Waals surface area contributed by atoms with Crippen LogP contribution in [0.1, 0.15) is 5.56 Å². The maximum Gasteiger partial charge on any atom is 0.229 e. The predicted molar refractivity (Wildman–Crippen MR) is 97.0 cm³/mol. The molecule has 8 heteroatoms. The molecule has 0 radical (unpaired) electrons. The van der Waals surface area contributed by atoms with Crippen LogP contribution in [0.25, 0.3) is 0 Å². The van der Waals surface area contributed by atoms with E-state index in [2.05, 4.69) is 20.8 Å². The van der Waals surface area contributed by atoms with E-state index in [9.17, 15) is 13.6 Å². The molecule has 3 rings (SSSR count). The third-order valence-corrected chi connectivity index (χ3v) is 3.65. The van der Waals surface area contributed by atoms with Crippen LogP contribution in [0.15, 0.2) is 54.6 Å². The summed E-state index contributed by atoms with van der Waals surface area (Å²) < 4.78 is 31.2. The Morgan fingerprint density at radius 1 is 0.963 bits per heavy atom. The quantitative estimate of drug-likeness (QED) is 0.692. The fourth-order valence-corrected chi connectivity index (χ4v) is 2.30. The summed E-state index contributed by atoms with van der Waals surface area (Å²) in [4.78, 5) is 12.1. The van der Waals surface area contributed by atoms with E-state index in [4.69, 9.17) is 4.74 Å². The maximum absolute atomic E-state index is 13.2. The van der Waals surface area contributed by atoms with Crippen LogP contribution in [-0.4, -0.2) is 23.2 Å². The Bertz CT molecular complexity index is 931. The van der Waals surface area contributed by atoms with Gasteiger partial charge in [0.15, 0.2) is 23.3 Å². The van der Waals surface area contributed by atoms with Crippen LogP contribution < -0.4 is 15.4 Å². The Labute approximate surface area is 154 Å². The first kappa shape index (κ1) is 18.2. The molecule has 0 aliphatic rings. The Kier molecular flexibility index (Phi) is 5.55. The lowest BCUT2D eigenvalue weighted by Gasteiger charge is -2.07. The number of hydrogen-bond acceptors (Lipinski definition) is 5. The number of carbonyl (C=O) groups excluding carboxylic acids is 1. The van der Waals surface area contributed by atoms with E-state index in [1.165, 1.54) is 6.07 Å². The molecular formula is C19H16F2N4O2. The first-order chi connectivity index (χ1) is 13.0. The molecule has 1 amide bonds. The molecule has 2 aromatic carbocycles. The minimum Gasteiger partial charge on any atom is -0.497 e. The van der Waals surface area contributed by atoms with Crippen molar-refractivity contribution in [1.29, 1.82) is 0 Å². The zero-order chi connectivity index (χ0) is 19.2. The Balaban J connectivity index is 1.57. The fraction of sp³-hybridized carbons (Fsp3) is 0.105. The van der Waals surface area contributed by atoms with Gasteiger partial charge in [-0.3, -0.25) is 4.79 Å². The van der Waals surface area contributed by atoms with Gasteiger partial charge >= 0.3 is 0 Å². The maximum atomic E-state index is 13.2. The highest BCUT2D eigenvalue weighted by Gasteiger charge is 2.07. The highest BCUT2D eigenvalue weighted by molar-refractivity contribution is 5.91. The van der Waals surface area contributed by atoms with E-state index >= 15 is 0 Å². The van der Waals surface area contributed by atoms with Crippen molar-refractivity contribution >= 4 is 23.2 Å². The third kappa shape index (κ3) is 4.97. The third-order valence-electron chi connectivity index (χ3n) is 3.65. The van der Waals surface area contributed by atoms with Crippen molar-refractivity contribution in [2.45, 2.75) is 6.42 Å². The topological polar surface area (TPSA) is 76.1 Å². The monoisotopic (exact) mass is 370 g/mol. The summed E-state index contributed by atoms with van der Waals surface area (Å²) >= 11 is 0. The van der Waals surface area contributed by atoms with Crippen molar-refractivity contribution in [1.82, 2.24) is 10.2 Å². The van der Waals surface area contributed by atoms with Gasteiger partial charge in [-0.15, -0.1) is 10.2 Å². The van der Waals surface area contributed by atoms with Crippen LogP contribution in [-0.2, 0) is 11.2 Å². The molecule has 0 fully saturated rings. The smallest absolute Gasteiger partial charge is 0.229 e. The number of ether oxygens (including phenoxy) is 1. The summed E-state index contributed by atoms with van der Waals surface area (Å²) in [6.45, 7) is 0. The summed E-state index contributed by atoms with van der Waals surface area (Å²) in [6, 6.07) is 13.7. The summed E-state index contributed by atoms with van der Waals surface area (Å²) in [5.41, 5.74) is 1.16. The number of nitrogens with one attached hydrogen (secondary N) is 2. The molecule has 0 aliphatic carbocycles. The largest absolute Gasteiger partial charge is 0.497 e. The number of anilines is 3. The Hall–Kier alpha value is -3.55. The zero-order valence-electron chi connectivity index (χ0n) is 14.4. The van der Waals surface area contributed by atoms with Gasteiger partial charge in [-0.1, -0.05) is 12.1 Å². The summed E-state index contributed by atoms with van der Waals surface area (Å²) in [7, 11) is 1.57. The predicted octanol–water partition coefficient (Wildman–Crippen LogP) is 3.69. The highest BCUT2D eigenvalue weighted by Crippen LogP contribution is 2.18. The molecule has 6 nitrogen and oxygen atoms in total. The van der Waals surface area contributed by atoms with E-state index in [0.717, 1.165) is 17.7 Å². The van der Waals surface area contributed by atoms with Crippen LogP contribution in [0.5, 0.6) is 5.75 Å². The van der Waals surface area contributed by atoms with E-state index in [0.29, 0.717) is 17.3 Å². The normalized spacial score (nSPS) is 10.3. The second-order valence-electron chi connectivity index (χ2n) is 5.63. The highest BCUT2D eigenvalue weighted by atomic mass is 19.2. The second-order valence-corrected chi connectivity index (χ2v) is 5.63. The van der Waals surface area contributed by atoms with Crippen LogP contribution in [0.4, 0.5) is 26.1 Å². The number of halogens is 2. The van der Waals surface area contributed by atoms with E-state index in [1.807, 2.05) is 0 Å². The molecule has 1 aromatic heterocycles. The SMILES string of the molecule is COc1ccc(CC(=O)Nc2ccc(Nc3ccc(F)c(F)c3)nn2)cc1. The standard InChI is InChI=1S/C19H16F2N4O2/c1-27-14-5-2-12(3-6-14)10-19(26)23-18-9-8-17(24-25-18)22-13-4-7-15(20)16(21)11-13/h2-9,11H,10H2,1H3,(H,22,24)(H,23,25,26). The minimum absolute atomic E-state index is 0.181. The van der Waals surface area contributed by atoms with Crippen LogP contribution in [0.3, 0.4) is 0 Å². The van der Waals surface area contributed by atoms with Crippen LogP contribution >= 0.6 is 0 Å². The van der Waals surface area contributed by atoms with E-state index in [-0.39, 0.29) is 18.1 Å². The molecule has 27 heavy (non-hydrogen) atoms. The first-order valence-electron chi connectivity index (χ1n) is 8.02. The van der Waals surface area contributed by atoms with Gasteiger partial charge in [0.25, 0.3) is 0 Å². The lowest BCUT2D eigenvalue weighted by atomic mass is 10.1. The lowest BCUT2D eigenvalue weighted by molar-refractivity contribution is -0.115. The van der Waals surface area contributed by atoms with Crippen molar-refractivity contribution in [3.05, 3.63) is 71.8 Å². The van der Waals surface area contributed by atoms with Gasteiger partial charge in [0.05, 0.1) is 13.5 Å². The van der Waals surface area contributed by atoms with Crippen molar-refractivity contribution in [2.24, 2.45) is 0 Å². The van der Waals surface area contributed by atoms with Crippen molar-refractivity contribution in [2.75, 3.05) is 17.7 Å². The molecule has 0 bridgehead atoms. The number of carbonyl (C=O) groups is 1. The molecular weight excluding hydrogens is 354 g/mol. The van der Waals surface area contributed by atoms with Crippen molar-refractivity contribution in [3.63, 3.8) is 0 Å². The van der Waals surface area contributed by atoms with Crippen LogP contribution in [0, 0.1) is 11.6 Å². The molecule has 0 saturated heterocycles. The van der Waals surface area contributed by atoms with Gasteiger partial charge in [0, 0.05) is 11.8 Å². The average Bonchev–Trinajstić information content (AvgIpc) is 2.67. The molecule has 1 heterocycles. The van der Waals surface area contributed by atoms with Crippen molar-refractivity contribution < 1.29 is 18.3 Å². The second kappa shape index (κ2) is 8.22. The van der Waals surface area contributed by atoms with E-state index in [1.54, 1.807) is 43.5 Å². The first-order valence-corrected chi connectivity index (χ1v) is 8.02. The molecule has 2 N–H and O–H groups in total. The fourth-order valence-electron chi connectivity index (χ4n) is 2.30. The number of methoxy groups -OCH3 is 1.